The molecule has 1 aromatic rings. The van der Waals surface area contributed by atoms with Gasteiger partial charge in [0, 0.05) is 12.6 Å². The summed E-state index contributed by atoms with van der Waals surface area (Å²) in [5, 5.41) is 22.2. The standard InChI is InChI=1S/C14H19N3O5/c1-9-11(5-4-6-12(9)17(21)22)15-14(20)10(2)16(3)8-7-13(18)19/h4-6,10H,7-8H2,1-3H3,(H,15,20)(H,18,19). The van der Waals surface area contributed by atoms with Crippen LogP contribution in [0.4, 0.5) is 11.4 Å². The van der Waals surface area contributed by atoms with Gasteiger partial charge in [0.2, 0.25) is 5.91 Å². The number of nitro groups is 1. The van der Waals surface area contributed by atoms with E-state index in [9.17, 15) is 19.7 Å². The molecule has 0 heterocycles. The van der Waals surface area contributed by atoms with Crippen molar-refractivity contribution in [1.29, 1.82) is 0 Å². The smallest absolute Gasteiger partial charge is 0.304 e. The highest BCUT2D eigenvalue weighted by atomic mass is 16.6. The molecule has 0 aliphatic carbocycles. The molecule has 0 bridgehead atoms. The highest BCUT2D eigenvalue weighted by Crippen LogP contribution is 2.25. The number of carboxylic acids is 1. The zero-order valence-corrected chi connectivity index (χ0v) is 12.7. The minimum absolute atomic E-state index is 0.0651. The van der Waals surface area contributed by atoms with Gasteiger partial charge in [0.25, 0.3) is 5.69 Å². The fraction of sp³-hybridized carbons (Fsp3) is 0.429. The Morgan fingerprint density at radius 3 is 2.64 bits per heavy atom. The molecule has 22 heavy (non-hydrogen) atoms. The summed E-state index contributed by atoms with van der Waals surface area (Å²) in [5.41, 5.74) is 0.684. The maximum absolute atomic E-state index is 12.2. The number of nitrogens with zero attached hydrogens (tertiary/aromatic N) is 2. The van der Waals surface area contributed by atoms with Crippen LogP contribution in [-0.2, 0) is 9.59 Å². The Labute approximate surface area is 127 Å². The SMILES string of the molecule is Cc1c(NC(=O)C(C)N(C)CCC(=O)O)cccc1[N+](=O)[O-]. The molecule has 0 spiro atoms. The van der Waals surface area contributed by atoms with E-state index in [-0.39, 0.29) is 24.6 Å². The molecule has 120 valence electrons. The molecular weight excluding hydrogens is 290 g/mol. The van der Waals surface area contributed by atoms with Crippen LogP contribution in [-0.4, -0.2) is 46.4 Å². The third kappa shape index (κ3) is 4.52. The van der Waals surface area contributed by atoms with E-state index >= 15 is 0 Å². The van der Waals surface area contributed by atoms with E-state index in [0.29, 0.717) is 11.3 Å². The first-order chi connectivity index (χ1) is 10.2. The predicted molar refractivity (Wildman–Crippen MR) is 80.8 cm³/mol. The van der Waals surface area contributed by atoms with Crippen molar-refractivity contribution in [3.8, 4) is 0 Å². The summed E-state index contributed by atoms with van der Waals surface area (Å²) >= 11 is 0. The molecule has 1 unspecified atom stereocenters. The lowest BCUT2D eigenvalue weighted by atomic mass is 10.1. The van der Waals surface area contributed by atoms with Gasteiger partial charge in [-0.25, -0.2) is 0 Å². The lowest BCUT2D eigenvalue weighted by Crippen LogP contribution is -2.40. The Morgan fingerprint density at radius 2 is 2.09 bits per heavy atom. The van der Waals surface area contributed by atoms with Crippen molar-refractivity contribution >= 4 is 23.3 Å². The van der Waals surface area contributed by atoms with Gasteiger partial charge in [0.05, 0.1) is 28.6 Å². The maximum Gasteiger partial charge on any atom is 0.304 e. The van der Waals surface area contributed by atoms with Crippen LogP contribution >= 0.6 is 0 Å². The van der Waals surface area contributed by atoms with Gasteiger partial charge in [-0.2, -0.15) is 0 Å². The largest absolute Gasteiger partial charge is 0.481 e. The summed E-state index contributed by atoms with van der Waals surface area (Å²) in [6.07, 6.45) is -0.0655. The second-order valence-electron chi connectivity index (χ2n) is 5.00. The molecule has 0 saturated heterocycles. The van der Waals surface area contributed by atoms with Crippen LogP contribution in [0.1, 0.15) is 18.9 Å². The number of carbonyl (C=O) groups excluding carboxylic acids is 1. The van der Waals surface area contributed by atoms with Crippen molar-refractivity contribution in [2.75, 3.05) is 18.9 Å². The number of amides is 1. The Hall–Kier alpha value is -2.48. The zero-order chi connectivity index (χ0) is 16.9. The van der Waals surface area contributed by atoms with Crippen LogP contribution < -0.4 is 5.32 Å². The van der Waals surface area contributed by atoms with Crippen molar-refractivity contribution in [3.05, 3.63) is 33.9 Å². The van der Waals surface area contributed by atoms with Gasteiger partial charge in [-0.3, -0.25) is 24.6 Å². The number of benzene rings is 1. The summed E-state index contributed by atoms with van der Waals surface area (Å²) in [6, 6.07) is 3.90. The number of rotatable bonds is 7. The van der Waals surface area contributed by atoms with Crippen LogP contribution in [0.25, 0.3) is 0 Å². The topological polar surface area (TPSA) is 113 Å². The summed E-state index contributed by atoms with van der Waals surface area (Å²) in [5.74, 6) is -1.29. The molecule has 0 saturated carbocycles. The average Bonchev–Trinajstić information content (AvgIpc) is 2.45. The number of nitrogens with one attached hydrogen (secondary N) is 1. The molecule has 0 aliphatic rings. The average molecular weight is 309 g/mol. The number of aliphatic carboxylic acids is 1. The lowest BCUT2D eigenvalue weighted by molar-refractivity contribution is -0.385. The van der Waals surface area contributed by atoms with Crippen molar-refractivity contribution in [1.82, 2.24) is 4.90 Å². The fourth-order valence-corrected chi connectivity index (χ4v) is 1.86. The fourth-order valence-electron chi connectivity index (χ4n) is 1.86. The Balaban J connectivity index is 2.78. The van der Waals surface area contributed by atoms with Gasteiger partial charge in [0.15, 0.2) is 0 Å². The minimum atomic E-state index is -0.936. The van der Waals surface area contributed by atoms with Crippen LogP contribution in [0, 0.1) is 17.0 Å². The highest BCUT2D eigenvalue weighted by molar-refractivity contribution is 5.95. The molecule has 0 fully saturated rings. The summed E-state index contributed by atoms with van der Waals surface area (Å²) in [4.78, 5) is 34.7. The molecule has 1 rings (SSSR count). The Morgan fingerprint density at radius 1 is 1.45 bits per heavy atom. The van der Waals surface area contributed by atoms with E-state index in [1.807, 2.05) is 0 Å². The first-order valence-corrected chi connectivity index (χ1v) is 6.71. The molecule has 1 atom stereocenters. The molecule has 0 aliphatic heterocycles. The summed E-state index contributed by atoms with van der Waals surface area (Å²) in [6.45, 7) is 3.44. The number of hydrogen-bond acceptors (Lipinski definition) is 5. The van der Waals surface area contributed by atoms with E-state index in [1.54, 1.807) is 31.9 Å². The minimum Gasteiger partial charge on any atom is -0.481 e. The van der Waals surface area contributed by atoms with Crippen molar-refractivity contribution in [3.63, 3.8) is 0 Å². The normalized spacial score (nSPS) is 12.0. The van der Waals surface area contributed by atoms with Gasteiger partial charge in [0.1, 0.15) is 0 Å². The number of hydrogen-bond donors (Lipinski definition) is 2. The second kappa shape index (κ2) is 7.51. The number of anilines is 1. The molecule has 2 N–H and O–H groups in total. The van der Waals surface area contributed by atoms with E-state index < -0.39 is 16.9 Å². The molecule has 0 radical (unpaired) electrons. The highest BCUT2D eigenvalue weighted by Gasteiger charge is 2.21. The van der Waals surface area contributed by atoms with Crippen LogP contribution in [0.5, 0.6) is 0 Å². The van der Waals surface area contributed by atoms with E-state index in [2.05, 4.69) is 5.32 Å². The van der Waals surface area contributed by atoms with Crippen LogP contribution in [0.15, 0.2) is 18.2 Å². The van der Waals surface area contributed by atoms with Gasteiger partial charge in [-0.1, -0.05) is 6.07 Å². The first-order valence-electron chi connectivity index (χ1n) is 6.71. The predicted octanol–water partition coefficient (Wildman–Crippen LogP) is 1.64. The Kier molecular flexibility index (Phi) is 6.00. The first kappa shape index (κ1) is 17.6. The number of carbonyl (C=O) groups is 2. The van der Waals surface area contributed by atoms with Gasteiger partial charge >= 0.3 is 5.97 Å². The quantitative estimate of drug-likeness (QED) is 0.584. The summed E-state index contributed by atoms with van der Waals surface area (Å²) < 4.78 is 0. The molecule has 8 heteroatoms. The van der Waals surface area contributed by atoms with E-state index in [0.717, 1.165) is 0 Å². The van der Waals surface area contributed by atoms with Crippen LogP contribution in [0.3, 0.4) is 0 Å². The second-order valence-corrected chi connectivity index (χ2v) is 5.00. The van der Waals surface area contributed by atoms with Gasteiger partial charge < -0.3 is 10.4 Å². The van der Waals surface area contributed by atoms with E-state index in [4.69, 9.17) is 5.11 Å². The molecule has 1 amide bonds. The Bertz CT molecular complexity index is 588. The van der Waals surface area contributed by atoms with Gasteiger partial charge in [-0.05, 0) is 27.0 Å². The molecule has 0 aromatic heterocycles. The number of carboxylic acid groups (broad SMARTS) is 1. The third-order valence-corrected chi connectivity index (χ3v) is 3.48. The zero-order valence-electron chi connectivity index (χ0n) is 12.7. The lowest BCUT2D eigenvalue weighted by Gasteiger charge is -2.23. The number of likely N-dealkylation sites (N-methyl/N-ethyl adjacent to an activating group) is 1. The van der Waals surface area contributed by atoms with Crippen molar-refractivity contribution in [2.24, 2.45) is 0 Å². The van der Waals surface area contributed by atoms with Crippen LogP contribution in [0.2, 0.25) is 0 Å². The number of nitro benzene ring substituents is 1. The van der Waals surface area contributed by atoms with Crippen molar-refractivity contribution < 1.29 is 19.6 Å². The third-order valence-electron chi connectivity index (χ3n) is 3.48. The molecule has 1 aromatic carbocycles. The molecule has 8 nitrogen and oxygen atoms in total. The summed E-state index contributed by atoms with van der Waals surface area (Å²) in [7, 11) is 1.65. The van der Waals surface area contributed by atoms with Gasteiger partial charge in [-0.15, -0.1) is 0 Å². The molecular formula is C14H19N3O5. The van der Waals surface area contributed by atoms with E-state index in [1.165, 1.54) is 12.1 Å². The monoisotopic (exact) mass is 309 g/mol. The maximum atomic E-state index is 12.2. The van der Waals surface area contributed by atoms with Crippen molar-refractivity contribution in [2.45, 2.75) is 26.3 Å².